The van der Waals surface area contributed by atoms with E-state index < -0.39 is 0 Å². The zero-order valence-corrected chi connectivity index (χ0v) is 31.4. The molecule has 45 heavy (non-hydrogen) atoms. The van der Waals surface area contributed by atoms with Crippen LogP contribution in [-0.4, -0.2) is 43.2 Å². The summed E-state index contributed by atoms with van der Waals surface area (Å²) in [5.41, 5.74) is 0. The predicted molar refractivity (Wildman–Crippen MR) is 200 cm³/mol. The molecule has 0 aromatic carbocycles. The van der Waals surface area contributed by atoms with Gasteiger partial charge in [-0.15, -0.1) is 0 Å². The summed E-state index contributed by atoms with van der Waals surface area (Å²) in [5.74, 6) is 0.703. The lowest BCUT2D eigenvalue weighted by Crippen LogP contribution is -2.50. The topological polar surface area (TPSA) is 34.1 Å². The lowest BCUT2D eigenvalue weighted by atomic mass is 9.96. The van der Waals surface area contributed by atoms with Crippen LogP contribution in [0.4, 0.5) is 0 Å². The number of quaternary nitrogens is 1. The Kier molecular flexibility index (Phi) is 31.8. The Morgan fingerprint density at radius 2 is 0.778 bits per heavy atom. The van der Waals surface area contributed by atoms with Gasteiger partial charge >= 0.3 is 0 Å². The molecule has 0 amide bonds. The Balaban J connectivity index is 3.84. The van der Waals surface area contributed by atoms with Crippen molar-refractivity contribution in [1.82, 2.24) is 0 Å². The Morgan fingerprint density at radius 3 is 1.16 bits per heavy atom. The molecule has 0 aliphatic carbocycles. The summed E-state index contributed by atoms with van der Waals surface area (Å²) in [4.78, 5) is 25.7. The minimum absolute atomic E-state index is 0.0557. The smallest absolute Gasteiger partial charge is 0.189 e. The summed E-state index contributed by atoms with van der Waals surface area (Å²) in [6.07, 6.45) is 45.3. The summed E-state index contributed by atoms with van der Waals surface area (Å²) in [6.45, 7) is 4.55. The van der Waals surface area contributed by atoms with Crippen molar-refractivity contribution in [2.75, 3.05) is 21.1 Å². The molecule has 264 valence electrons. The zero-order valence-electron chi connectivity index (χ0n) is 31.4. The van der Waals surface area contributed by atoms with Gasteiger partial charge in [0.05, 0.1) is 21.1 Å². The average molecular weight is 631 g/mol. The van der Waals surface area contributed by atoms with Gasteiger partial charge in [-0.3, -0.25) is 9.59 Å². The average Bonchev–Trinajstić information content (AvgIpc) is 3.00. The first kappa shape index (κ1) is 43.8. The van der Waals surface area contributed by atoms with E-state index in [1.807, 2.05) is 0 Å². The fraction of sp³-hybridized carbons (Fsp3) is 0.857. The van der Waals surface area contributed by atoms with E-state index in [0.29, 0.717) is 41.7 Å². The van der Waals surface area contributed by atoms with E-state index in [1.54, 1.807) is 0 Å². The molecule has 0 bridgehead atoms. The molecule has 1 atom stereocenters. The molecule has 0 saturated carbocycles. The van der Waals surface area contributed by atoms with Crippen LogP contribution in [0.5, 0.6) is 0 Å². The van der Waals surface area contributed by atoms with Crippen LogP contribution in [0.1, 0.15) is 206 Å². The standard InChI is InChI=1S/C42H80NO2/c1-6-8-10-12-14-16-18-20-22-24-26-28-30-32-34-36-40(44)38-39-41(43(3,4)5)42(45)37-35-33-31-29-27-25-23-21-19-17-15-13-11-9-7-2/h20-23,41H,6-19,24-39H2,1-5H3/q+1/b22-20+,23-21+. The van der Waals surface area contributed by atoms with E-state index in [-0.39, 0.29) is 6.04 Å². The lowest BCUT2D eigenvalue weighted by molar-refractivity contribution is -0.886. The summed E-state index contributed by atoms with van der Waals surface area (Å²) in [7, 11) is 6.32. The number of hydrogen-bond donors (Lipinski definition) is 0. The lowest BCUT2D eigenvalue weighted by Gasteiger charge is -2.33. The van der Waals surface area contributed by atoms with Crippen molar-refractivity contribution in [1.29, 1.82) is 0 Å². The van der Waals surface area contributed by atoms with Gasteiger partial charge in [0, 0.05) is 25.7 Å². The van der Waals surface area contributed by atoms with Crippen LogP contribution in [0.2, 0.25) is 0 Å². The van der Waals surface area contributed by atoms with Gasteiger partial charge in [-0.1, -0.05) is 141 Å². The van der Waals surface area contributed by atoms with Crippen LogP contribution in [0.3, 0.4) is 0 Å². The Labute approximate surface area is 283 Å². The third-order valence-corrected chi connectivity index (χ3v) is 9.41. The monoisotopic (exact) mass is 631 g/mol. The highest BCUT2D eigenvalue weighted by Crippen LogP contribution is 2.18. The molecule has 0 aliphatic heterocycles. The summed E-state index contributed by atoms with van der Waals surface area (Å²) in [5, 5.41) is 0. The van der Waals surface area contributed by atoms with E-state index in [2.05, 4.69) is 59.3 Å². The molecular formula is C42H80NO2+. The van der Waals surface area contributed by atoms with Crippen molar-refractivity contribution in [3.63, 3.8) is 0 Å². The molecule has 0 N–H and O–H groups in total. The van der Waals surface area contributed by atoms with Gasteiger partial charge in [-0.25, -0.2) is 0 Å². The second-order valence-electron chi connectivity index (χ2n) is 14.8. The van der Waals surface area contributed by atoms with Crippen molar-refractivity contribution >= 4 is 11.6 Å². The Bertz CT molecular complexity index is 717. The maximum absolute atomic E-state index is 13.1. The fourth-order valence-corrected chi connectivity index (χ4v) is 6.33. The predicted octanol–water partition coefficient (Wildman–Crippen LogP) is 13.1. The van der Waals surface area contributed by atoms with Crippen molar-refractivity contribution in [2.24, 2.45) is 0 Å². The number of Topliss-reactive ketones (excluding diaryl/α,β-unsaturated/α-hetero) is 2. The quantitative estimate of drug-likeness (QED) is 0.0396. The fourth-order valence-electron chi connectivity index (χ4n) is 6.33. The Hall–Kier alpha value is -1.22. The maximum atomic E-state index is 13.1. The molecule has 0 rings (SSSR count). The highest BCUT2D eigenvalue weighted by Gasteiger charge is 2.30. The number of likely N-dealkylation sites (N-methyl/N-ethyl adjacent to an activating group) is 1. The van der Waals surface area contributed by atoms with Crippen LogP contribution >= 0.6 is 0 Å². The molecule has 0 heterocycles. The first-order valence-electron chi connectivity index (χ1n) is 20.0. The van der Waals surface area contributed by atoms with E-state index in [0.717, 1.165) is 25.7 Å². The number of carbonyl (C=O) groups excluding carboxylic acids is 2. The van der Waals surface area contributed by atoms with Gasteiger partial charge < -0.3 is 4.48 Å². The molecule has 0 aliphatic rings. The van der Waals surface area contributed by atoms with Crippen LogP contribution in [0, 0.1) is 0 Å². The molecule has 3 heteroatoms. The van der Waals surface area contributed by atoms with Gasteiger partial charge in [-0.05, 0) is 64.2 Å². The van der Waals surface area contributed by atoms with E-state index in [4.69, 9.17) is 0 Å². The van der Waals surface area contributed by atoms with Crippen LogP contribution in [0.25, 0.3) is 0 Å². The van der Waals surface area contributed by atoms with Gasteiger partial charge in [0.2, 0.25) is 0 Å². The summed E-state index contributed by atoms with van der Waals surface area (Å²) < 4.78 is 0.630. The van der Waals surface area contributed by atoms with Crippen LogP contribution < -0.4 is 0 Å². The van der Waals surface area contributed by atoms with Crippen LogP contribution in [-0.2, 0) is 9.59 Å². The van der Waals surface area contributed by atoms with Gasteiger partial charge in [-0.2, -0.15) is 0 Å². The molecule has 3 nitrogen and oxygen atoms in total. The molecule has 0 aromatic rings. The van der Waals surface area contributed by atoms with Gasteiger partial charge in [0.15, 0.2) is 5.78 Å². The molecule has 0 spiro atoms. The Morgan fingerprint density at radius 1 is 0.444 bits per heavy atom. The number of allylic oxidation sites excluding steroid dienone is 4. The number of ketones is 2. The van der Waals surface area contributed by atoms with Crippen molar-refractivity contribution < 1.29 is 14.1 Å². The van der Waals surface area contributed by atoms with Crippen LogP contribution in [0.15, 0.2) is 24.3 Å². The maximum Gasteiger partial charge on any atom is 0.189 e. The second-order valence-corrected chi connectivity index (χ2v) is 14.8. The molecule has 0 aromatic heterocycles. The third kappa shape index (κ3) is 31.2. The van der Waals surface area contributed by atoms with Gasteiger partial charge in [0.25, 0.3) is 0 Å². The number of nitrogens with zero attached hydrogens (tertiary/aromatic N) is 1. The third-order valence-electron chi connectivity index (χ3n) is 9.41. The first-order valence-corrected chi connectivity index (χ1v) is 20.0. The minimum atomic E-state index is -0.0557. The van der Waals surface area contributed by atoms with Crippen molar-refractivity contribution in [2.45, 2.75) is 213 Å². The SMILES string of the molecule is CCCCCCCC/C=C/CCCCCCCC(=O)CCC(C(=O)CCCCCCC/C=C/CCCCCCCC)[N+](C)(C)C. The largest absolute Gasteiger partial charge is 0.322 e. The molecule has 1 unspecified atom stereocenters. The van der Waals surface area contributed by atoms with Crippen molar-refractivity contribution in [3.8, 4) is 0 Å². The van der Waals surface area contributed by atoms with Crippen molar-refractivity contribution in [3.05, 3.63) is 24.3 Å². The first-order chi connectivity index (χ1) is 21.8. The molecule has 0 fully saturated rings. The second kappa shape index (κ2) is 32.7. The van der Waals surface area contributed by atoms with E-state index >= 15 is 0 Å². The summed E-state index contributed by atoms with van der Waals surface area (Å²) in [6, 6.07) is -0.0557. The highest BCUT2D eigenvalue weighted by molar-refractivity contribution is 5.84. The summed E-state index contributed by atoms with van der Waals surface area (Å²) >= 11 is 0. The van der Waals surface area contributed by atoms with E-state index in [9.17, 15) is 9.59 Å². The molecule has 0 saturated heterocycles. The number of hydrogen-bond acceptors (Lipinski definition) is 2. The normalized spacial score (nSPS) is 12.9. The zero-order chi connectivity index (χ0) is 33.3. The van der Waals surface area contributed by atoms with Gasteiger partial charge in [0.1, 0.15) is 11.8 Å². The van der Waals surface area contributed by atoms with E-state index in [1.165, 1.54) is 141 Å². The number of rotatable bonds is 35. The highest BCUT2D eigenvalue weighted by atomic mass is 16.1. The number of carbonyl (C=O) groups is 2. The molecular weight excluding hydrogens is 550 g/mol. The minimum Gasteiger partial charge on any atom is -0.322 e. The molecule has 0 radical (unpaired) electrons. The number of unbranched alkanes of at least 4 members (excludes halogenated alkanes) is 22.